The Morgan fingerprint density at radius 2 is 0.707 bits per heavy atom. The third-order valence-electron chi connectivity index (χ3n) is 15.8. The summed E-state index contributed by atoms with van der Waals surface area (Å²) in [6.45, 7) is 4.88. The first kappa shape index (κ1) is 74.2. The zero-order valence-corrected chi connectivity index (χ0v) is 52.2. The van der Waals surface area contributed by atoms with Crippen molar-refractivity contribution >= 4 is 13.7 Å². The molecule has 0 fully saturated rings. The molecule has 3 unspecified atom stereocenters. The fourth-order valence-corrected chi connectivity index (χ4v) is 11.3. The largest absolute Gasteiger partial charge is 0.472 e. The molecule has 0 bridgehead atoms. The van der Waals surface area contributed by atoms with E-state index >= 15 is 0 Å². The summed E-state index contributed by atoms with van der Waals surface area (Å²) in [6.07, 6.45) is 73.5. The fourth-order valence-electron chi connectivity index (χ4n) is 10.5. The van der Waals surface area contributed by atoms with Gasteiger partial charge in [0, 0.05) is 6.42 Å². The molecule has 0 aliphatic carbocycles. The quantitative estimate of drug-likeness (QED) is 0.0243. The van der Waals surface area contributed by atoms with E-state index in [0.29, 0.717) is 17.4 Å². The van der Waals surface area contributed by atoms with Gasteiger partial charge in [-0.25, -0.2) is 4.57 Å². The van der Waals surface area contributed by atoms with Crippen LogP contribution >= 0.6 is 7.82 Å². The fraction of sp³-hybridized carbons (Fsp3) is 0.955. The highest BCUT2D eigenvalue weighted by Gasteiger charge is 2.28. The molecule has 3 N–H and O–H groups in total. The highest BCUT2D eigenvalue weighted by Crippen LogP contribution is 2.43. The van der Waals surface area contributed by atoms with E-state index in [4.69, 9.17) is 9.05 Å². The molecule has 0 spiro atoms. The lowest BCUT2D eigenvalue weighted by Crippen LogP contribution is -2.45. The minimum Gasteiger partial charge on any atom is -0.387 e. The SMILES string of the molecule is CCCCCCCCCCCCCCCCCCCCCC/C=C/C(O)C(COP(=O)(O)OCC[N+](C)(C)C)NC(=O)CCCCCCCCCCCCCCCCCCCCCCCCCCCCCCCCC. The van der Waals surface area contributed by atoms with E-state index in [1.54, 1.807) is 6.08 Å². The van der Waals surface area contributed by atoms with E-state index in [1.807, 2.05) is 27.2 Å². The van der Waals surface area contributed by atoms with Crippen LogP contribution in [0.15, 0.2) is 12.2 Å². The van der Waals surface area contributed by atoms with Gasteiger partial charge in [0.1, 0.15) is 13.2 Å². The van der Waals surface area contributed by atoms with Crippen molar-refractivity contribution in [2.24, 2.45) is 0 Å². The van der Waals surface area contributed by atoms with Crippen LogP contribution in [-0.2, 0) is 18.4 Å². The predicted molar refractivity (Wildman–Crippen MR) is 328 cm³/mol. The minimum absolute atomic E-state index is 0.0654. The van der Waals surface area contributed by atoms with Crippen molar-refractivity contribution in [2.45, 2.75) is 366 Å². The molecule has 0 saturated carbocycles. The number of hydrogen-bond donors (Lipinski definition) is 3. The summed E-state index contributed by atoms with van der Waals surface area (Å²) in [5.74, 6) is -0.167. The molecule has 1 amide bonds. The van der Waals surface area contributed by atoms with E-state index in [-0.39, 0.29) is 19.1 Å². The standard InChI is InChI=1S/C66H133N2O6P/c1-6-8-10-12-14-16-18-20-22-24-26-28-30-31-32-33-34-35-36-37-38-40-42-44-46-48-50-52-54-56-58-60-66(70)67-64(63-74-75(71,72)73-62-61-68(3,4)5)65(69)59-57-55-53-51-49-47-45-43-41-39-29-27-25-23-21-19-17-15-13-11-9-7-2/h57,59,64-65,69H,6-56,58,60-63H2,1-5H3,(H-,67,70,71,72)/p+1/b59-57+. The third kappa shape index (κ3) is 60.7. The highest BCUT2D eigenvalue weighted by molar-refractivity contribution is 7.47. The Hall–Kier alpha value is -0.760. The van der Waals surface area contributed by atoms with Crippen molar-refractivity contribution in [3.63, 3.8) is 0 Å². The number of carbonyl (C=O) groups excluding carboxylic acids is 1. The van der Waals surface area contributed by atoms with Crippen LogP contribution in [0.4, 0.5) is 0 Å². The number of phosphoric acid groups is 1. The number of quaternary nitrogens is 1. The van der Waals surface area contributed by atoms with E-state index in [0.717, 1.165) is 32.1 Å². The summed E-state index contributed by atoms with van der Waals surface area (Å²) < 4.78 is 23.8. The second-order valence-corrected chi connectivity index (χ2v) is 26.0. The maximum absolute atomic E-state index is 13.0. The highest BCUT2D eigenvalue weighted by atomic mass is 31.2. The van der Waals surface area contributed by atoms with Crippen LogP contribution in [0, 0.1) is 0 Å². The molecule has 3 atom stereocenters. The number of rotatable bonds is 63. The second kappa shape index (κ2) is 57.9. The van der Waals surface area contributed by atoms with Gasteiger partial charge in [0.05, 0.1) is 39.9 Å². The first-order chi connectivity index (χ1) is 36.5. The second-order valence-electron chi connectivity index (χ2n) is 24.6. The van der Waals surface area contributed by atoms with Gasteiger partial charge in [0.15, 0.2) is 0 Å². The zero-order chi connectivity index (χ0) is 54.9. The molecular formula is C66H134N2O6P+. The molecule has 0 aliphatic rings. The molecule has 0 heterocycles. The number of hydrogen-bond acceptors (Lipinski definition) is 5. The van der Waals surface area contributed by atoms with Gasteiger partial charge in [-0.15, -0.1) is 0 Å². The van der Waals surface area contributed by atoms with Gasteiger partial charge >= 0.3 is 7.82 Å². The Morgan fingerprint density at radius 1 is 0.440 bits per heavy atom. The van der Waals surface area contributed by atoms with Crippen LogP contribution in [0.1, 0.15) is 354 Å². The van der Waals surface area contributed by atoms with Crippen LogP contribution < -0.4 is 5.32 Å². The first-order valence-corrected chi connectivity index (χ1v) is 35.1. The number of carbonyl (C=O) groups is 1. The van der Waals surface area contributed by atoms with Crippen LogP contribution in [0.5, 0.6) is 0 Å². The molecule has 9 heteroatoms. The molecule has 0 aromatic carbocycles. The van der Waals surface area contributed by atoms with Crippen molar-refractivity contribution in [1.29, 1.82) is 0 Å². The van der Waals surface area contributed by atoms with Crippen molar-refractivity contribution in [2.75, 3.05) is 40.9 Å². The number of phosphoric ester groups is 1. The lowest BCUT2D eigenvalue weighted by atomic mass is 10.0. The number of unbranched alkanes of at least 4 members (excludes halogenated alkanes) is 50. The van der Waals surface area contributed by atoms with E-state index in [1.165, 1.54) is 302 Å². The number of aliphatic hydroxyl groups is 1. The zero-order valence-electron chi connectivity index (χ0n) is 51.3. The minimum atomic E-state index is -4.35. The van der Waals surface area contributed by atoms with Crippen molar-refractivity contribution in [3.8, 4) is 0 Å². The van der Waals surface area contributed by atoms with Gasteiger partial charge in [0.25, 0.3) is 0 Å². The lowest BCUT2D eigenvalue weighted by Gasteiger charge is -2.25. The Labute approximate surface area is 469 Å². The number of amides is 1. The Kier molecular flexibility index (Phi) is 57.3. The summed E-state index contributed by atoms with van der Waals surface area (Å²) in [5.41, 5.74) is 0. The molecule has 0 aromatic heterocycles. The van der Waals surface area contributed by atoms with Gasteiger partial charge in [-0.2, -0.15) is 0 Å². The summed E-state index contributed by atoms with van der Waals surface area (Å²) >= 11 is 0. The monoisotopic (exact) mass is 1080 g/mol. The lowest BCUT2D eigenvalue weighted by molar-refractivity contribution is -0.870. The summed E-state index contributed by atoms with van der Waals surface area (Å²) in [4.78, 5) is 23.4. The van der Waals surface area contributed by atoms with Crippen molar-refractivity contribution in [1.82, 2.24) is 5.32 Å². The summed E-state index contributed by atoms with van der Waals surface area (Å²) in [7, 11) is 1.59. The Bertz CT molecular complexity index is 1230. The maximum atomic E-state index is 13.0. The van der Waals surface area contributed by atoms with Crippen LogP contribution in [0.2, 0.25) is 0 Å². The van der Waals surface area contributed by atoms with E-state index in [2.05, 4.69) is 19.2 Å². The van der Waals surface area contributed by atoms with Crippen molar-refractivity contribution < 1.29 is 32.9 Å². The Morgan fingerprint density at radius 3 is 0.987 bits per heavy atom. The normalized spacial score (nSPS) is 13.7. The molecule has 75 heavy (non-hydrogen) atoms. The average molecular weight is 1080 g/mol. The van der Waals surface area contributed by atoms with Gasteiger partial charge in [-0.3, -0.25) is 13.8 Å². The van der Waals surface area contributed by atoms with Gasteiger partial charge < -0.3 is 19.8 Å². The van der Waals surface area contributed by atoms with E-state index in [9.17, 15) is 19.4 Å². The first-order valence-electron chi connectivity index (χ1n) is 33.6. The predicted octanol–water partition coefficient (Wildman–Crippen LogP) is 20.9. The molecular weight excluding hydrogens is 948 g/mol. The smallest absolute Gasteiger partial charge is 0.387 e. The number of nitrogens with zero attached hydrogens (tertiary/aromatic N) is 1. The molecule has 0 aromatic rings. The van der Waals surface area contributed by atoms with Crippen molar-refractivity contribution in [3.05, 3.63) is 12.2 Å². The molecule has 8 nitrogen and oxygen atoms in total. The van der Waals surface area contributed by atoms with E-state index < -0.39 is 20.0 Å². The topological polar surface area (TPSA) is 105 Å². The van der Waals surface area contributed by atoms with Gasteiger partial charge in [-0.05, 0) is 19.3 Å². The molecule has 0 rings (SSSR count). The number of aliphatic hydroxyl groups excluding tert-OH is 1. The average Bonchev–Trinajstić information content (AvgIpc) is 3.37. The number of likely N-dealkylation sites (N-methyl/N-ethyl adjacent to an activating group) is 1. The summed E-state index contributed by atoms with van der Waals surface area (Å²) in [5, 5.41) is 14.0. The molecule has 448 valence electrons. The van der Waals surface area contributed by atoms with Crippen LogP contribution in [-0.4, -0.2) is 73.4 Å². The van der Waals surface area contributed by atoms with Gasteiger partial charge in [0.2, 0.25) is 5.91 Å². The third-order valence-corrected chi connectivity index (χ3v) is 16.7. The Balaban J connectivity index is 4.03. The molecule has 0 aliphatic heterocycles. The molecule has 0 radical (unpaired) electrons. The molecule has 0 saturated heterocycles. The summed E-state index contributed by atoms with van der Waals surface area (Å²) in [6, 6.07) is -0.843. The number of allylic oxidation sites excluding steroid dienone is 1. The van der Waals surface area contributed by atoms with Crippen LogP contribution in [0.25, 0.3) is 0 Å². The maximum Gasteiger partial charge on any atom is 0.472 e. The van der Waals surface area contributed by atoms with Crippen LogP contribution in [0.3, 0.4) is 0 Å². The van der Waals surface area contributed by atoms with Gasteiger partial charge in [-0.1, -0.05) is 341 Å². The number of nitrogens with one attached hydrogen (secondary N) is 1.